The summed E-state index contributed by atoms with van der Waals surface area (Å²) in [6, 6.07) is 3.31. The molecule has 1 aromatic rings. The molecule has 2 rings (SSSR count). The van der Waals surface area contributed by atoms with E-state index < -0.39 is 0 Å². The minimum absolute atomic E-state index is 0.0338. The molecule has 0 aliphatic carbocycles. The summed E-state index contributed by atoms with van der Waals surface area (Å²) in [7, 11) is 0. The summed E-state index contributed by atoms with van der Waals surface area (Å²) in [6.07, 6.45) is 1.47. The molecule has 80 valence electrons. The predicted molar refractivity (Wildman–Crippen MR) is 52.5 cm³/mol. The summed E-state index contributed by atoms with van der Waals surface area (Å²) >= 11 is 0. The van der Waals surface area contributed by atoms with Crippen LogP contribution in [-0.4, -0.2) is 42.8 Å². The Morgan fingerprint density at radius 2 is 2.47 bits per heavy atom. The number of Topliss-reactive ketones (excluding diaryl/α,β-unsaturated/α-hetero) is 1. The van der Waals surface area contributed by atoms with Crippen molar-refractivity contribution in [1.82, 2.24) is 10.2 Å². The molecule has 0 radical (unpaired) electrons. The van der Waals surface area contributed by atoms with E-state index in [0.717, 1.165) is 0 Å². The van der Waals surface area contributed by atoms with E-state index in [4.69, 9.17) is 4.42 Å². The summed E-state index contributed by atoms with van der Waals surface area (Å²) in [5, 5.41) is 2.70. The Hall–Kier alpha value is -1.62. The van der Waals surface area contributed by atoms with Crippen LogP contribution in [0.4, 0.5) is 0 Å². The van der Waals surface area contributed by atoms with Crippen molar-refractivity contribution in [3.05, 3.63) is 24.2 Å². The Morgan fingerprint density at radius 3 is 3.13 bits per heavy atom. The molecule has 2 heterocycles. The van der Waals surface area contributed by atoms with Gasteiger partial charge in [-0.1, -0.05) is 0 Å². The normalized spacial score (nSPS) is 17.5. The van der Waals surface area contributed by atoms with Gasteiger partial charge >= 0.3 is 0 Å². The van der Waals surface area contributed by atoms with Crippen LogP contribution >= 0.6 is 0 Å². The molecule has 0 bridgehead atoms. The number of nitrogens with zero attached hydrogens (tertiary/aromatic N) is 1. The van der Waals surface area contributed by atoms with Gasteiger partial charge < -0.3 is 9.73 Å². The number of furan rings is 1. The van der Waals surface area contributed by atoms with Gasteiger partial charge in [0, 0.05) is 13.1 Å². The highest BCUT2D eigenvalue weighted by Gasteiger charge is 2.20. The SMILES string of the molecule is O=C1CN(CC(=O)c2ccco2)CCN1. The molecule has 0 saturated carbocycles. The summed E-state index contributed by atoms with van der Waals surface area (Å²) in [5.74, 6) is 0.226. The molecule has 0 unspecified atom stereocenters. The second-order valence-corrected chi connectivity index (χ2v) is 3.46. The van der Waals surface area contributed by atoms with Gasteiger partial charge in [-0.15, -0.1) is 0 Å². The lowest BCUT2D eigenvalue weighted by Gasteiger charge is -2.25. The Labute approximate surface area is 87.0 Å². The number of ketones is 1. The zero-order chi connectivity index (χ0) is 10.7. The van der Waals surface area contributed by atoms with Crippen molar-refractivity contribution in [3.63, 3.8) is 0 Å². The van der Waals surface area contributed by atoms with Crippen molar-refractivity contribution in [1.29, 1.82) is 0 Å². The summed E-state index contributed by atoms with van der Waals surface area (Å²) in [5.41, 5.74) is 0. The van der Waals surface area contributed by atoms with Crippen LogP contribution in [0, 0.1) is 0 Å². The van der Waals surface area contributed by atoms with Gasteiger partial charge in [0.25, 0.3) is 0 Å². The van der Waals surface area contributed by atoms with E-state index >= 15 is 0 Å². The molecule has 0 spiro atoms. The Bertz CT molecular complexity index is 359. The summed E-state index contributed by atoms with van der Waals surface area (Å²) in [6.45, 7) is 1.83. The van der Waals surface area contributed by atoms with Crippen LogP contribution in [0.15, 0.2) is 22.8 Å². The lowest BCUT2D eigenvalue weighted by molar-refractivity contribution is -0.123. The van der Waals surface area contributed by atoms with Gasteiger partial charge in [0.2, 0.25) is 11.7 Å². The van der Waals surface area contributed by atoms with Crippen molar-refractivity contribution >= 4 is 11.7 Å². The number of nitrogens with one attached hydrogen (secondary N) is 1. The van der Waals surface area contributed by atoms with Crippen molar-refractivity contribution in [2.45, 2.75) is 0 Å². The maximum absolute atomic E-state index is 11.6. The second-order valence-electron chi connectivity index (χ2n) is 3.46. The highest BCUT2D eigenvalue weighted by molar-refractivity contribution is 5.95. The molecule has 1 aliphatic rings. The Balaban J connectivity index is 1.91. The minimum atomic E-state index is -0.0882. The lowest BCUT2D eigenvalue weighted by Crippen LogP contribution is -2.49. The van der Waals surface area contributed by atoms with Gasteiger partial charge in [0.15, 0.2) is 5.76 Å². The van der Waals surface area contributed by atoms with E-state index in [1.54, 1.807) is 12.1 Å². The zero-order valence-electron chi connectivity index (χ0n) is 8.23. The smallest absolute Gasteiger partial charge is 0.234 e. The number of carbonyl (C=O) groups is 2. The van der Waals surface area contributed by atoms with E-state index in [2.05, 4.69) is 5.32 Å². The first kappa shape index (κ1) is 9.92. The maximum Gasteiger partial charge on any atom is 0.234 e. The first-order valence-corrected chi connectivity index (χ1v) is 4.81. The molecule has 0 aromatic carbocycles. The van der Waals surface area contributed by atoms with Crippen LogP contribution in [0.25, 0.3) is 0 Å². The van der Waals surface area contributed by atoms with Crippen LogP contribution in [0.3, 0.4) is 0 Å². The molecule has 15 heavy (non-hydrogen) atoms. The monoisotopic (exact) mass is 208 g/mol. The van der Waals surface area contributed by atoms with Gasteiger partial charge in [-0.3, -0.25) is 14.5 Å². The van der Waals surface area contributed by atoms with Crippen LogP contribution in [-0.2, 0) is 4.79 Å². The van der Waals surface area contributed by atoms with Gasteiger partial charge in [-0.25, -0.2) is 0 Å². The van der Waals surface area contributed by atoms with Crippen molar-refractivity contribution in [2.75, 3.05) is 26.2 Å². The molecule has 1 saturated heterocycles. The largest absolute Gasteiger partial charge is 0.461 e. The van der Waals surface area contributed by atoms with E-state index in [1.807, 2.05) is 4.90 Å². The first-order valence-electron chi connectivity index (χ1n) is 4.81. The van der Waals surface area contributed by atoms with E-state index in [9.17, 15) is 9.59 Å². The van der Waals surface area contributed by atoms with Crippen molar-refractivity contribution < 1.29 is 14.0 Å². The summed E-state index contributed by atoms with van der Waals surface area (Å²) < 4.78 is 4.99. The molecule has 1 amide bonds. The molecular weight excluding hydrogens is 196 g/mol. The minimum Gasteiger partial charge on any atom is -0.461 e. The molecule has 1 fully saturated rings. The molecule has 5 nitrogen and oxygen atoms in total. The Morgan fingerprint density at radius 1 is 1.60 bits per heavy atom. The van der Waals surface area contributed by atoms with Crippen molar-refractivity contribution in [3.8, 4) is 0 Å². The average Bonchev–Trinajstić information content (AvgIpc) is 2.70. The van der Waals surface area contributed by atoms with Crippen LogP contribution in [0.1, 0.15) is 10.6 Å². The standard InChI is InChI=1S/C10H12N2O3/c13-8(9-2-1-5-15-9)6-12-4-3-11-10(14)7-12/h1-2,5H,3-4,6-7H2,(H,11,14). The number of carbonyl (C=O) groups excluding carboxylic acids is 2. The molecular formula is C10H12N2O3. The first-order chi connectivity index (χ1) is 7.25. The maximum atomic E-state index is 11.6. The average molecular weight is 208 g/mol. The molecule has 1 N–H and O–H groups in total. The van der Waals surface area contributed by atoms with Gasteiger partial charge in [-0.2, -0.15) is 0 Å². The zero-order valence-corrected chi connectivity index (χ0v) is 8.23. The van der Waals surface area contributed by atoms with Crippen molar-refractivity contribution in [2.24, 2.45) is 0 Å². The van der Waals surface area contributed by atoms with Gasteiger partial charge in [0.1, 0.15) is 0 Å². The van der Waals surface area contributed by atoms with E-state index in [0.29, 0.717) is 18.8 Å². The predicted octanol–water partition coefficient (Wildman–Crippen LogP) is -0.106. The van der Waals surface area contributed by atoms with Gasteiger partial charge in [0.05, 0.1) is 19.4 Å². The fourth-order valence-corrected chi connectivity index (χ4v) is 1.54. The lowest BCUT2D eigenvalue weighted by atomic mass is 10.2. The number of hydrogen-bond donors (Lipinski definition) is 1. The summed E-state index contributed by atoms with van der Waals surface area (Å²) in [4.78, 5) is 24.5. The van der Waals surface area contributed by atoms with E-state index in [1.165, 1.54) is 6.26 Å². The highest BCUT2D eigenvalue weighted by atomic mass is 16.3. The second kappa shape index (κ2) is 4.27. The van der Waals surface area contributed by atoms with Gasteiger partial charge in [-0.05, 0) is 12.1 Å². The quantitative estimate of drug-likeness (QED) is 0.704. The third-order valence-corrected chi connectivity index (χ3v) is 2.28. The van der Waals surface area contributed by atoms with Crippen LogP contribution < -0.4 is 5.32 Å². The third-order valence-electron chi connectivity index (χ3n) is 2.28. The van der Waals surface area contributed by atoms with Crippen LogP contribution in [0.2, 0.25) is 0 Å². The molecule has 1 aromatic heterocycles. The number of amides is 1. The molecule has 5 heteroatoms. The Kier molecular flexibility index (Phi) is 2.82. The topological polar surface area (TPSA) is 62.6 Å². The highest BCUT2D eigenvalue weighted by Crippen LogP contribution is 2.03. The molecule has 1 aliphatic heterocycles. The fraction of sp³-hybridized carbons (Fsp3) is 0.400. The fourth-order valence-electron chi connectivity index (χ4n) is 1.54. The third kappa shape index (κ3) is 2.44. The molecule has 0 atom stereocenters. The number of piperazine rings is 1. The van der Waals surface area contributed by atoms with Crippen LogP contribution in [0.5, 0.6) is 0 Å². The number of rotatable bonds is 3. The van der Waals surface area contributed by atoms with E-state index in [-0.39, 0.29) is 24.8 Å². The number of hydrogen-bond acceptors (Lipinski definition) is 4.